The lowest BCUT2D eigenvalue weighted by Gasteiger charge is -2.31. The SMILES string of the molecule is CNC(=O)C(NC(=O)C1CCN(C(=O)c2ccco2)CC1)c1ccc(F)c(F)c1. The molecule has 2 heterocycles. The van der Waals surface area contributed by atoms with E-state index in [1.165, 1.54) is 19.4 Å². The van der Waals surface area contributed by atoms with Crippen LogP contribution >= 0.6 is 0 Å². The molecule has 9 heteroatoms. The van der Waals surface area contributed by atoms with Crippen molar-refractivity contribution in [2.24, 2.45) is 5.92 Å². The number of hydrogen-bond donors (Lipinski definition) is 2. The van der Waals surface area contributed by atoms with E-state index in [1.807, 2.05) is 0 Å². The van der Waals surface area contributed by atoms with E-state index in [-0.39, 0.29) is 23.1 Å². The van der Waals surface area contributed by atoms with Gasteiger partial charge in [-0.2, -0.15) is 0 Å². The second-order valence-corrected chi connectivity index (χ2v) is 6.77. The number of hydrogen-bond acceptors (Lipinski definition) is 4. The molecule has 0 aliphatic carbocycles. The van der Waals surface area contributed by atoms with Crippen LogP contribution in [-0.2, 0) is 9.59 Å². The minimum atomic E-state index is -1.15. The Labute approximate surface area is 166 Å². The molecular formula is C20H21F2N3O4. The van der Waals surface area contributed by atoms with E-state index in [0.29, 0.717) is 25.9 Å². The molecule has 1 aromatic carbocycles. The quantitative estimate of drug-likeness (QED) is 0.796. The molecule has 7 nitrogen and oxygen atoms in total. The second-order valence-electron chi connectivity index (χ2n) is 6.77. The number of carbonyl (C=O) groups excluding carboxylic acids is 3. The Morgan fingerprint density at radius 1 is 1.14 bits per heavy atom. The van der Waals surface area contributed by atoms with Crippen molar-refractivity contribution < 1.29 is 27.6 Å². The van der Waals surface area contributed by atoms with Gasteiger partial charge >= 0.3 is 0 Å². The van der Waals surface area contributed by atoms with Crippen LogP contribution in [0.3, 0.4) is 0 Å². The van der Waals surface area contributed by atoms with Gasteiger partial charge in [0.2, 0.25) is 11.8 Å². The molecule has 1 fully saturated rings. The van der Waals surface area contributed by atoms with Crippen molar-refractivity contribution in [3.8, 4) is 0 Å². The average Bonchev–Trinajstić information content (AvgIpc) is 3.28. The lowest BCUT2D eigenvalue weighted by molar-refractivity contribution is -0.132. The topological polar surface area (TPSA) is 91.7 Å². The number of nitrogens with zero attached hydrogens (tertiary/aromatic N) is 1. The standard InChI is InChI=1S/C20H21F2N3O4/c1-23-19(27)17(13-4-5-14(21)15(22)11-13)24-18(26)12-6-8-25(9-7-12)20(28)16-3-2-10-29-16/h2-5,10-12,17H,6-9H2,1H3,(H,23,27)(H,24,26). The molecule has 1 saturated heterocycles. The van der Waals surface area contributed by atoms with E-state index in [0.717, 1.165) is 12.1 Å². The summed E-state index contributed by atoms with van der Waals surface area (Å²) in [5, 5.41) is 5.02. The normalized spacial score (nSPS) is 15.6. The van der Waals surface area contributed by atoms with Gasteiger partial charge in [-0.1, -0.05) is 6.07 Å². The summed E-state index contributed by atoms with van der Waals surface area (Å²) in [6.07, 6.45) is 2.25. The van der Waals surface area contributed by atoms with Crippen molar-refractivity contribution in [2.75, 3.05) is 20.1 Å². The van der Waals surface area contributed by atoms with Gasteiger partial charge in [0.15, 0.2) is 17.4 Å². The van der Waals surface area contributed by atoms with Crippen molar-refractivity contribution in [3.63, 3.8) is 0 Å². The van der Waals surface area contributed by atoms with Gasteiger partial charge in [0.1, 0.15) is 6.04 Å². The van der Waals surface area contributed by atoms with Crippen LogP contribution in [0.1, 0.15) is 35.0 Å². The van der Waals surface area contributed by atoms with Gasteiger partial charge in [-0.15, -0.1) is 0 Å². The summed E-state index contributed by atoms with van der Waals surface area (Å²) in [5.41, 5.74) is 0.141. The molecule has 3 rings (SSSR count). The van der Waals surface area contributed by atoms with Crippen molar-refractivity contribution in [2.45, 2.75) is 18.9 Å². The molecule has 1 unspecified atom stereocenters. The molecule has 2 N–H and O–H groups in total. The predicted molar refractivity (Wildman–Crippen MR) is 98.6 cm³/mol. The first-order chi connectivity index (χ1) is 13.9. The molecule has 2 aromatic rings. The molecule has 0 spiro atoms. The highest BCUT2D eigenvalue weighted by Crippen LogP contribution is 2.22. The Morgan fingerprint density at radius 3 is 2.45 bits per heavy atom. The van der Waals surface area contributed by atoms with E-state index < -0.39 is 29.5 Å². The Hall–Kier alpha value is -3.23. The molecule has 1 atom stereocenters. The van der Waals surface area contributed by atoms with E-state index in [1.54, 1.807) is 17.0 Å². The van der Waals surface area contributed by atoms with Crippen molar-refractivity contribution in [3.05, 3.63) is 59.6 Å². The molecule has 3 amide bonds. The van der Waals surface area contributed by atoms with Gasteiger partial charge in [-0.3, -0.25) is 14.4 Å². The van der Waals surface area contributed by atoms with Crippen LogP contribution in [0.2, 0.25) is 0 Å². The maximum atomic E-state index is 13.6. The number of piperidine rings is 1. The number of benzene rings is 1. The summed E-state index contributed by atoms with van der Waals surface area (Å²) in [4.78, 5) is 38.8. The Kier molecular flexibility index (Phi) is 6.26. The fraction of sp³-hybridized carbons (Fsp3) is 0.350. The van der Waals surface area contributed by atoms with Gasteiger partial charge in [0.25, 0.3) is 5.91 Å². The Morgan fingerprint density at radius 2 is 1.86 bits per heavy atom. The van der Waals surface area contributed by atoms with Crippen LogP contribution in [0, 0.1) is 17.6 Å². The monoisotopic (exact) mass is 405 g/mol. The van der Waals surface area contributed by atoms with Gasteiger partial charge in [0, 0.05) is 26.1 Å². The third-order valence-corrected chi connectivity index (χ3v) is 4.96. The average molecular weight is 405 g/mol. The van der Waals surface area contributed by atoms with Gasteiger partial charge in [-0.25, -0.2) is 8.78 Å². The molecule has 1 aromatic heterocycles. The van der Waals surface area contributed by atoms with Crippen LogP contribution in [0.4, 0.5) is 8.78 Å². The lowest BCUT2D eigenvalue weighted by atomic mass is 9.94. The zero-order valence-electron chi connectivity index (χ0n) is 15.8. The van der Waals surface area contributed by atoms with E-state index in [9.17, 15) is 23.2 Å². The van der Waals surface area contributed by atoms with Crippen molar-refractivity contribution in [1.82, 2.24) is 15.5 Å². The summed E-state index contributed by atoms with van der Waals surface area (Å²) in [6, 6.07) is 5.11. The maximum Gasteiger partial charge on any atom is 0.289 e. The van der Waals surface area contributed by atoms with Crippen LogP contribution < -0.4 is 10.6 Å². The Bertz CT molecular complexity index is 893. The van der Waals surface area contributed by atoms with E-state index >= 15 is 0 Å². The minimum absolute atomic E-state index is 0.141. The number of carbonyl (C=O) groups is 3. The zero-order chi connectivity index (χ0) is 21.0. The number of amides is 3. The highest BCUT2D eigenvalue weighted by atomic mass is 19.2. The number of nitrogens with one attached hydrogen (secondary N) is 2. The number of likely N-dealkylation sites (N-methyl/N-ethyl adjacent to an activating group) is 1. The molecule has 0 bridgehead atoms. The summed E-state index contributed by atoms with van der Waals surface area (Å²) >= 11 is 0. The molecular weight excluding hydrogens is 384 g/mol. The summed E-state index contributed by atoms with van der Waals surface area (Å²) in [5.74, 6) is -3.47. The van der Waals surface area contributed by atoms with Crippen LogP contribution in [0.25, 0.3) is 0 Å². The predicted octanol–water partition coefficient (Wildman–Crippen LogP) is 2.01. The van der Waals surface area contributed by atoms with Gasteiger partial charge in [0.05, 0.1) is 6.26 Å². The first kappa shape index (κ1) is 20.5. The van der Waals surface area contributed by atoms with E-state index in [4.69, 9.17) is 4.42 Å². The highest BCUT2D eigenvalue weighted by Gasteiger charge is 2.31. The third-order valence-electron chi connectivity index (χ3n) is 4.96. The fourth-order valence-electron chi connectivity index (χ4n) is 3.30. The third kappa shape index (κ3) is 4.61. The number of furan rings is 1. The zero-order valence-corrected chi connectivity index (χ0v) is 15.8. The molecule has 0 radical (unpaired) electrons. The summed E-state index contributed by atoms with van der Waals surface area (Å²) < 4.78 is 31.9. The summed E-state index contributed by atoms with van der Waals surface area (Å²) in [6.45, 7) is 0.737. The highest BCUT2D eigenvalue weighted by molar-refractivity contribution is 5.92. The van der Waals surface area contributed by atoms with Crippen molar-refractivity contribution in [1.29, 1.82) is 0 Å². The molecule has 1 aliphatic rings. The first-order valence-electron chi connectivity index (χ1n) is 9.20. The smallest absolute Gasteiger partial charge is 0.289 e. The van der Waals surface area contributed by atoms with Gasteiger partial charge in [-0.05, 0) is 42.7 Å². The van der Waals surface area contributed by atoms with Crippen molar-refractivity contribution >= 4 is 17.7 Å². The van der Waals surface area contributed by atoms with Crippen LogP contribution in [0.15, 0.2) is 41.0 Å². The summed E-state index contributed by atoms with van der Waals surface area (Å²) in [7, 11) is 1.39. The first-order valence-corrected chi connectivity index (χ1v) is 9.20. The largest absolute Gasteiger partial charge is 0.459 e. The number of halogens is 2. The molecule has 154 valence electrons. The Balaban J connectivity index is 1.64. The maximum absolute atomic E-state index is 13.6. The number of rotatable bonds is 5. The molecule has 0 saturated carbocycles. The van der Waals surface area contributed by atoms with Crippen LogP contribution in [0.5, 0.6) is 0 Å². The van der Waals surface area contributed by atoms with Gasteiger partial charge < -0.3 is 20.0 Å². The lowest BCUT2D eigenvalue weighted by Crippen LogP contribution is -2.46. The molecule has 29 heavy (non-hydrogen) atoms. The second kappa shape index (κ2) is 8.85. The minimum Gasteiger partial charge on any atom is -0.459 e. The van der Waals surface area contributed by atoms with Crippen LogP contribution in [-0.4, -0.2) is 42.8 Å². The number of likely N-dealkylation sites (tertiary alicyclic amines) is 1. The fourth-order valence-corrected chi connectivity index (χ4v) is 3.30. The molecule has 1 aliphatic heterocycles. The van der Waals surface area contributed by atoms with E-state index in [2.05, 4.69) is 10.6 Å².